The quantitative estimate of drug-likeness (QED) is 0.777. The highest BCUT2D eigenvalue weighted by Crippen LogP contribution is 2.20. The van der Waals surface area contributed by atoms with Crippen LogP contribution in [-0.4, -0.2) is 49.1 Å². The first kappa shape index (κ1) is 15.8. The van der Waals surface area contributed by atoms with E-state index in [9.17, 15) is 13.4 Å². The number of ether oxygens (including phenoxy) is 1. The van der Waals surface area contributed by atoms with Gasteiger partial charge in [-0.25, -0.2) is 19.2 Å². The molecule has 21 heavy (non-hydrogen) atoms. The summed E-state index contributed by atoms with van der Waals surface area (Å²) in [6, 6.07) is 0. The van der Waals surface area contributed by atoms with Crippen LogP contribution in [-0.2, 0) is 15.5 Å². The van der Waals surface area contributed by atoms with E-state index in [1.807, 2.05) is 0 Å². The molecule has 6 nitrogen and oxygen atoms in total. The van der Waals surface area contributed by atoms with Crippen molar-refractivity contribution in [2.75, 3.05) is 13.1 Å². The van der Waals surface area contributed by atoms with Crippen molar-refractivity contribution < 1.29 is 18.1 Å². The molecular weight excluding hydrogens is 297 g/mol. The third-order valence-electron chi connectivity index (χ3n) is 2.88. The summed E-state index contributed by atoms with van der Waals surface area (Å²) in [5, 5.41) is -0.171. The van der Waals surface area contributed by atoms with Gasteiger partial charge in [0.2, 0.25) is 5.16 Å². The van der Waals surface area contributed by atoms with Gasteiger partial charge < -0.3 is 9.64 Å². The fraction of sp³-hybridized carbons (Fsp3) is 0.615. The van der Waals surface area contributed by atoms with E-state index in [0.717, 1.165) is 12.4 Å². The van der Waals surface area contributed by atoms with E-state index in [4.69, 9.17) is 4.74 Å². The summed E-state index contributed by atoms with van der Waals surface area (Å²) in [6.45, 7) is 6.18. The van der Waals surface area contributed by atoms with Gasteiger partial charge in [0.1, 0.15) is 5.60 Å². The first-order valence-corrected chi connectivity index (χ1v) is 7.83. The van der Waals surface area contributed by atoms with E-state index in [1.165, 1.54) is 4.90 Å². The maximum absolute atomic E-state index is 12.8. The average Bonchev–Trinajstić information content (AvgIpc) is 2.86. The smallest absolute Gasteiger partial charge is 0.410 e. The molecule has 1 fully saturated rings. The van der Waals surface area contributed by atoms with Gasteiger partial charge in [0.25, 0.3) is 0 Å². The Hall–Kier alpha value is -1.57. The Labute approximate surface area is 125 Å². The number of nitrogens with zero attached hydrogens (tertiary/aromatic N) is 3. The molecule has 0 radical (unpaired) electrons. The van der Waals surface area contributed by atoms with Gasteiger partial charge in [0.05, 0.1) is 28.4 Å². The van der Waals surface area contributed by atoms with Crippen LogP contribution in [0.3, 0.4) is 0 Å². The van der Waals surface area contributed by atoms with Crippen LogP contribution in [0.15, 0.2) is 17.6 Å². The number of rotatable bonds is 2. The standard InChI is InChI=1S/C13H18FN3O3S/c1-13(2,3)20-12(18)17-5-4-10(8-17)21(19)11-15-6-9(14)7-16-11/h6-7,10H,4-5,8H2,1-3H3/t10-,21?/m1/s1. The van der Waals surface area contributed by atoms with Gasteiger partial charge in [0, 0.05) is 13.1 Å². The molecule has 1 aromatic rings. The minimum absolute atomic E-state index is 0.0902. The highest BCUT2D eigenvalue weighted by molar-refractivity contribution is 7.85. The van der Waals surface area contributed by atoms with Crippen molar-refractivity contribution in [3.05, 3.63) is 18.2 Å². The van der Waals surface area contributed by atoms with Gasteiger partial charge >= 0.3 is 6.09 Å². The second-order valence-electron chi connectivity index (χ2n) is 5.82. The summed E-state index contributed by atoms with van der Waals surface area (Å²) in [5.74, 6) is -0.572. The van der Waals surface area contributed by atoms with Crippen molar-refractivity contribution >= 4 is 16.9 Å². The van der Waals surface area contributed by atoms with E-state index < -0.39 is 28.3 Å². The van der Waals surface area contributed by atoms with Crippen LogP contribution in [0.2, 0.25) is 0 Å². The van der Waals surface area contributed by atoms with Gasteiger partial charge in [-0.15, -0.1) is 0 Å². The van der Waals surface area contributed by atoms with E-state index in [0.29, 0.717) is 19.5 Å². The molecule has 2 rings (SSSR count). The minimum atomic E-state index is -1.47. The summed E-state index contributed by atoms with van der Waals surface area (Å²) < 4.78 is 30.3. The van der Waals surface area contributed by atoms with Crippen molar-refractivity contribution in [3.8, 4) is 0 Å². The molecule has 0 bridgehead atoms. The van der Waals surface area contributed by atoms with Crippen molar-refractivity contribution in [2.45, 2.75) is 43.2 Å². The number of carbonyl (C=O) groups excluding carboxylic acids is 1. The molecule has 0 aliphatic carbocycles. The van der Waals surface area contributed by atoms with E-state index >= 15 is 0 Å². The topological polar surface area (TPSA) is 72.4 Å². The number of likely N-dealkylation sites (tertiary alicyclic amines) is 1. The predicted octanol–water partition coefficient (Wildman–Crippen LogP) is 1.73. The molecule has 116 valence electrons. The number of hydrogen-bond acceptors (Lipinski definition) is 5. The molecule has 1 aliphatic heterocycles. The van der Waals surface area contributed by atoms with E-state index in [2.05, 4.69) is 9.97 Å². The molecule has 2 atom stereocenters. The Morgan fingerprint density at radius 3 is 2.62 bits per heavy atom. The highest BCUT2D eigenvalue weighted by Gasteiger charge is 2.34. The Bertz CT molecular complexity index is 545. The molecule has 0 aromatic carbocycles. The first-order valence-electron chi connectivity index (χ1n) is 6.62. The zero-order valence-corrected chi connectivity index (χ0v) is 13.0. The second kappa shape index (κ2) is 6.05. The monoisotopic (exact) mass is 315 g/mol. The summed E-state index contributed by atoms with van der Waals surface area (Å²) in [7, 11) is -1.47. The third-order valence-corrected chi connectivity index (χ3v) is 4.44. The molecule has 1 amide bonds. The van der Waals surface area contributed by atoms with Crippen LogP contribution in [0.4, 0.5) is 9.18 Å². The predicted molar refractivity (Wildman–Crippen MR) is 74.6 cm³/mol. The van der Waals surface area contributed by atoms with Crippen LogP contribution in [0.1, 0.15) is 27.2 Å². The SMILES string of the molecule is CC(C)(C)OC(=O)N1CC[C@@H](S(=O)c2ncc(F)cn2)C1. The lowest BCUT2D eigenvalue weighted by Gasteiger charge is -2.24. The minimum Gasteiger partial charge on any atom is -0.444 e. The summed E-state index contributed by atoms with van der Waals surface area (Å²) in [6.07, 6.45) is 2.14. The maximum atomic E-state index is 12.8. The van der Waals surface area contributed by atoms with Gasteiger partial charge in [-0.3, -0.25) is 4.21 Å². The van der Waals surface area contributed by atoms with Crippen molar-refractivity contribution in [3.63, 3.8) is 0 Å². The lowest BCUT2D eigenvalue weighted by Crippen LogP contribution is -2.36. The summed E-state index contributed by atoms with van der Waals surface area (Å²) in [5.41, 5.74) is -0.561. The van der Waals surface area contributed by atoms with Crippen molar-refractivity contribution in [1.29, 1.82) is 0 Å². The lowest BCUT2D eigenvalue weighted by molar-refractivity contribution is 0.0295. The number of hydrogen-bond donors (Lipinski definition) is 0. The molecule has 2 heterocycles. The van der Waals surface area contributed by atoms with Crippen LogP contribution in [0.25, 0.3) is 0 Å². The second-order valence-corrected chi connectivity index (χ2v) is 7.44. The Morgan fingerprint density at radius 1 is 1.43 bits per heavy atom. The molecule has 0 spiro atoms. The molecule has 0 N–H and O–H groups in total. The van der Waals surface area contributed by atoms with Crippen molar-refractivity contribution in [1.82, 2.24) is 14.9 Å². The highest BCUT2D eigenvalue weighted by atomic mass is 32.2. The molecule has 1 aromatic heterocycles. The Kier molecular flexibility index (Phi) is 4.55. The fourth-order valence-corrected chi connectivity index (χ4v) is 3.19. The maximum Gasteiger partial charge on any atom is 0.410 e. The number of amides is 1. The lowest BCUT2D eigenvalue weighted by atomic mass is 10.2. The molecule has 1 aliphatic rings. The van der Waals surface area contributed by atoms with Gasteiger partial charge in [-0.2, -0.15) is 0 Å². The van der Waals surface area contributed by atoms with Crippen LogP contribution >= 0.6 is 0 Å². The first-order chi connectivity index (χ1) is 9.76. The van der Waals surface area contributed by atoms with Gasteiger partial charge in [-0.05, 0) is 27.2 Å². The van der Waals surface area contributed by atoms with E-state index in [1.54, 1.807) is 20.8 Å². The van der Waals surface area contributed by atoms with Gasteiger partial charge in [-0.1, -0.05) is 0 Å². The molecule has 8 heteroatoms. The summed E-state index contributed by atoms with van der Waals surface area (Å²) in [4.78, 5) is 20.9. The zero-order valence-electron chi connectivity index (χ0n) is 12.2. The largest absolute Gasteiger partial charge is 0.444 e. The van der Waals surface area contributed by atoms with Crippen LogP contribution in [0.5, 0.6) is 0 Å². The normalized spacial score (nSPS) is 20.4. The number of aromatic nitrogens is 2. The Balaban J connectivity index is 1.97. The van der Waals surface area contributed by atoms with E-state index in [-0.39, 0.29) is 10.4 Å². The Morgan fingerprint density at radius 2 is 2.05 bits per heavy atom. The third kappa shape index (κ3) is 4.20. The number of halogens is 1. The zero-order chi connectivity index (χ0) is 15.6. The average molecular weight is 315 g/mol. The number of carbonyl (C=O) groups is 1. The van der Waals surface area contributed by atoms with Crippen molar-refractivity contribution in [2.24, 2.45) is 0 Å². The molecule has 1 saturated heterocycles. The molecule has 1 unspecified atom stereocenters. The molecule has 0 saturated carbocycles. The molecular formula is C13H18FN3O3S. The van der Waals surface area contributed by atoms with Crippen LogP contribution < -0.4 is 0 Å². The van der Waals surface area contributed by atoms with Gasteiger partial charge in [0.15, 0.2) is 5.82 Å². The fourth-order valence-electron chi connectivity index (χ4n) is 1.95. The summed E-state index contributed by atoms with van der Waals surface area (Å²) >= 11 is 0. The van der Waals surface area contributed by atoms with Crippen LogP contribution in [0, 0.1) is 5.82 Å².